The maximum atomic E-state index is 14.6. The van der Waals surface area contributed by atoms with Crippen molar-refractivity contribution < 1.29 is 23.1 Å². The van der Waals surface area contributed by atoms with Crippen LogP contribution in [0, 0.1) is 5.92 Å². The Labute approximate surface area is 130 Å². The van der Waals surface area contributed by atoms with Crippen molar-refractivity contribution in [2.45, 2.75) is 24.7 Å². The number of halogens is 3. The number of hydrogen-bond donors (Lipinski definition) is 0. The zero-order valence-electron chi connectivity index (χ0n) is 11.8. The molecular formula is C16H13ClF2O3. The van der Waals surface area contributed by atoms with E-state index < -0.39 is 34.7 Å². The number of carbonyl (C=O) groups excluding carboxylic acids is 2. The fraction of sp³-hybridized carbons (Fsp3) is 0.375. The van der Waals surface area contributed by atoms with Gasteiger partial charge < -0.3 is 4.74 Å². The average molecular weight is 327 g/mol. The van der Waals surface area contributed by atoms with E-state index in [9.17, 15) is 18.4 Å². The summed E-state index contributed by atoms with van der Waals surface area (Å²) in [6.45, 7) is 0. The largest absolute Gasteiger partial charge is 0.468 e. The smallest absolute Gasteiger partial charge is 0.316 e. The first-order valence-electron chi connectivity index (χ1n) is 6.88. The van der Waals surface area contributed by atoms with Crippen molar-refractivity contribution in [2.24, 2.45) is 5.92 Å². The maximum absolute atomic E-state index is 14.6. The lowest BCUT2D eigenvalue weighted by Crippen LogP contribution is -2.40. The Hall–Kier alpha value is -1.75. The third kappa shape index (κ3) is 1.92. The Morgan fingerprint density at radius 3 is 2.77 bits per heavy atom. The number of esters is 1. The topological polar surface area (TPSA) is 43.4 Å². The first kappa shape index (κ1) is 15.2. The van der Waals surface area contributed by atoms with Crippen LogP contribution in [-0.2, 0) is 19.7 Å². The van der Waals surface area contributed by atoms with Gasteiger partial charge in [0, 0.05) is 12.0 Å². The summed E-state index contributed by atoms with van der Waals surface area (Å²) in [5.74, 6) is -3.95. The van der Waals surface area contributed by atoms with Gasteiger partial charge in [-0.25, -0.2) is 8.78 Å². The molecular weight excluding hydrogens is 314 g/mol. The van der Waals surface area contributed by atoms with Gasteiger partial charge in [-0.05, 0) is 24.5 Å². The molecule has 22 heavy (non-hydrogen) atoms. The average Bonchev–Trinajstić information content (AvgIpc) is 2.70. The fourth-order valence-electron chi connectivity index (χ4n) is 3.45. The predicted octanol–water partition coefficient (Wildman–Crippen LogP) is 3.74. The first-order valence-corrected chi connectivity index (χ1v) is 7.26. The number of rotatable bonds is 1. The number of ketones is 1. The highest BCUT2D eigenvalue weighted by molar-refractivity contribution is 6.32. The van der Waals surface area contributed by atoms with E-state index in [1.807, 2.05) is 0 Å². The lowest BCUT2D eigenvalue weighted by atomic mass is 9.67. The molecule has 2 aliphatic carbocycles. The van der Waals surface area contributed by atoms with Crippen molar-refractivity contribution in [1.82, 2.24) is 0 Å². The molecule has 1 spiro atoms. The second kappa shape index (κ2) is 5.16. The van der Waals surface area contributed by atoms with Gasteiger partial charge in [-0.15, -0.1) is 0 Å². The van der Waals surface area contributed by atoms with Crippen LogP contribution in [0.4, 0.5) is 8.78 Å². The van der Waals surface area contributed by atoms with E-state index in [0.717, 1.165) is 0 Å². The number of benzene rings is 1. The molecule has 1 fully saturated rings. The summed E-state index contributed by atoms with van der Waals surface area (Å²) >= 11 is 5.97. The molecule has 0 aliphatic heterocycles. The number of methoxy groups -OCH3 is 1. The summed E-state index contributed by atoms with van der Waals surface area (Å²) < 4.78 is 33.4. The van der Waals surface area contributed by atoms with E-state index in [1.165, 1.54) is 13.2 Å². The van der Waals surface area contributed by atoms with Crippen molar-refractivity contribution in [3.05, 3.63) is 40.2 Å². The molecule has 2 atom stereocenters. The Balaban J connectivity index is 2.05. The van der Waals surface area contributed by atoms with Crippen LogP contribution in [0.25, 0.3) is 5.83 Å². The highest BCUT2D eigenvalue weighted by Gasteiger charge is 2.53. The molecule has 1 unspecified atom stereocenters. The molecule has 3 rings (SSSR count). The molecule has 0 aromatic heterocycles. The minimum absolute atomic E-state index is 0.0194. The zero-order valence-corrected chi connectivity index (χ0v) is 12.5. The van der Waals surface area contributed by atoms with Gasteiger partial charge in [0.2, 0.25) is 0 Å². The highest BCUT2D eigenvalue weighted by Crippen LogP contribution is 2.56. The summed E-state index contributed by atoms with van der Waals surface area (Å²) in [4.78, 5) is 23.8. The number of ether oxygens (including phenoxy) is 1. The summed E-state index contributed by atoms with van der Waals surface area (Å²) in [6, 6.07) is 4.67. The minimum atomic E-state index is -1.34. The van der Waals surface area contributed by atoms with Gasteiger partial charge in [-0.1, -0.05) is 23.7 Å². The lowest BCUT2D eigenvalue weighted by Gasteiger charge is -2.35. The Kier molecular flexibility index (Phi) is 3.56. The Bertz CT molecular complexity index is 713. The van der Waals surface area contributed by atoms with Crippen LogP contribution in [-0.4, -0.2) is 18.9 Å². The normalized spacial score (nSPS) is 27.3. The molecule has 0 N–H and O–H groups in total. The molecule has 6 heteroatoms. The van der Waals surface area contributed by atoms with Crippen molar-refractivity contribution in [1.29, 1.82) is 0 Å². The predicted molar refractivity (Wildman–Crippen MR) is 76.6 cm³/mol. The van der Waals surface area contributed by atoms with Crippen molar-refractivity contribution in [2.75, 3.05) is 7.11 Å². The van der Waals surface area contributed by atoms with Crippen LogP contribution < -0.4 is 0 Å². The van der Waals surface area contributed by atoms with E-state index in [-0.39, 0.29) is 29.8 Å². The van der Waals surface area contributed by atoms with E-state index in [1.54, 1.807) is 12.1 Å². The lowest BCUT2D eigenvalue weighted by molar-refractivity contribution is -0.151. The van der Waals surface area contributed by atoms with Gasteiger partial charge >= 0.3 is 5.97 Å². The summed E-state index contributed by atoms with van der Waals surface area (Å²) in [7, 11) is 1.20. The SMILES string of the molecule is COC(=O)C1CC[C@@]2(CC1=O)C(F)=C(F)c1c(Cl)cccc12. The van der Waals surface area contributed by atoms with Gasteiger partial charge in [-0.3, -0.25) is 9.59 Å². The Morgan fingerprint density at radius 1 is 1.41 bits per heavy atom. The van der Waals surface area contributed by atoms with Crippen LogP contribution in [0.1, 0.15) is 30.4 Å². The monoisotopic (exact) mass is 326 g/mol. The second-order valence-corrected chi connectivity index (χ2v) is 6.04. The number of Topliss-reactive ketones (excluding diaryl/α,β-unsaturated/α-hetero) is 1. The molecule has 0 heterocycles. The van der Waals surface area contributed by atoms with Gasteiger partial charge in [0.05, 0.1) is 17.5 Å². The molecule has 116 valence electrons. The highest BCUT2D eigenvalue weighted by atomic mass is 35.5. The third-order valence-corrected chi connectivity index (χ3v) is 4.89. The number of allylic oxidation sites excluding steroid dienone is 1. The van der Waals surface area contributed by atoms with Crippen LogP contribution >= 0.6 is 11.6 Å². The summed E-state index contributed by atoms with van der Waals surface area (Å²) in [5, 5.41) is 0.115. The molecule has 0 saturated heterocycles. The zero-order chi connectivity index (χ0) is 16.1. The molecule has 3 nitrogen and oxygen atoms in total. The molecule has 1 aromatic rings. The summed E-state index contributed by atoms with van der Waals surface area (Å²) in [6.07, 6.45) is 0.0165. The van der Waals surface area contributed by atoms with Crippen LogP contribution in [0.3, 0.4) is 0 Å². The first-order chi connectivity index (χ1) is 10.4. The summed E-state index contributed by atoms with van der Waals surface area (Å²) in [5.41, 5.74) is -0.941. The maximum Gasteiger partial charge on any atom is 0.316 e. The Morgan fingerprint density at radius 2 is 2.14 bits per heavy atom. The minimum Gasteiger partial charge on any atom is -0.468 e. The van der Waals surface area contributed by atoms with Gasteiger partial charge in [0.25, 0.3) is 0 Å². The van der Waals surface area contributed by atoms with Crippen LogP contribution in [0.2, 0.25) is 5.02 Å². The van der Waals surface area contributed by atoms with Crippen molar-refractivity contribution in [3.63, 3.8) is 0 Å². The molecule has 0 amide bonds. The molecule has 1 aromatic carbocycles. The fourth-order valence-corrected chi connectivity index (χ4v) is 3.71. The van der Waals surface area contributed by atoms with Crippen molar-refractivity contribution >= 4 is 29.2 Å². The number of fused-ring (bicyclic) bond motifs is 2. The molecule has 1 saturated carbocycles. The quantitative estimate of drug-likeness (QED) is 0.583. The van der Waals surface area contributed by atoms with Gasteiger partial charge in [0.15, 0.2) is 5.83 Å². The van der Waals surface area contributed by atoms with Crippen molar-refractivity contribution in [3.8, 4) is 0 Å². The molecule has 0 bridgehead atoms. The third-order valence-electron chi connectivity index (χ3n) is 4.57. The van der Waals surface area contributed by atoms with E-state index in [2.05, 4.69) is 4.74 Å². The number of carbonyl (C=O) groups is 2. The van der Waals surface area contributed by atoms with Crippen LogP contribution in [0.15, 0.2) is 24.0 Å². The molecule has 2 aliphatic rings. The van der Waals surface area contributed by atoms with E-state index >= 15 is 0 Å². The van der Waals surface area contributed by atoms with E-state index in [0.29, 0.717) is 5.56 Å². The number of hydrogen-bond acceptors (Lipinski definition) is 3. The molecule has 0 radical (unpaired) electrons. The van der Waals surface area contributed by atoms with Crippen LogP contribution in [0.5, 0.6) is 0 Å². The second-order valence-electron chi connectivity index (χ2n) is 5.63. The standard InChI is InChI=1S/C16H13ClF2O3/c1-22-15(21)8-5-6-16(7-11(8)20)9-3-2-4-10(17)12(9)13(18)14(16)19/h2-4,8H,5-7H2,1H3/t8?,16-/m0/s1. The van der Waals surface area contributed by atoms with Gasteiger partial charge in [-0.2, -0.15) is 0 Å². The van der Waals surface area contributed by atoms with E-state index in [4.69, 9.17) is 11.6 Å². The van der Waals surface area contributed by atoms with Gasteiger partial charge in [0.1, 0.15) is 17.5 Å².